The van der Waals surface area contributed by atoms with Crippen molar-refractivity contribution in [3.63, 3.8) is 0 Å². The first-order valence-electron chi connectivity index (χ1n) is 15.6. The fourth-order valence-corrected chi connectivity index (χ4v) is 6.03. The highest BCUT2D eigenvalue weighted by atomic mass is 19.4. The number of nitrogen functional groups attached to an aromatic ring is 1. The van der Waals surface area contributed by atoms with Crippen LogP contribution in [0.2, 0.25) is 0 Å². The van der Waals surface area contributed by atoms with Gasteiger partial charge in [0.05, 0.1) is 42.0 Å². The number of amides is 3. The molecule has 12 nitrogen and oxygen atoms in total. The fraction of sp³-hybridized carbons (Fsp3) is 0.286. The minimum absolute atomic E-state index is 0.0229. The fourth-order valence-electron chi connectivity index (χ4n) is 6.03. The molecule has 0 atom stereocenters. The van der Waals surface area contributed by atoms with E-state index in [1.54, 1.807) is 41.9 Å². The number of nitrogens with two attached hydrogens (primary N) is 1. The van der Waals surface area contributed by atoms with Gasteiger partial charge in [-0.05, 0) is 41.5 Å². The number of halogens is 3. The normalized spacial score (nSPS) is 14.9. The molecule has 0 unspecified atom stereocenters. The number of aromatic nitrogens is 3. The molecule has 0 saturated carbocycles. The summed E-state index contributed by atoms with van der Waals surface area (Å²) in [4.78, 5) is 48.4. The van der Waals surface area contributed by atoms with Gasteiger partial charge in [0.15, 0.2) is 0 Å². The molecule has 2 aliphatic heterocycles. The first-order chi connectivity index (χ1) is 23.9. The highest BCUT2D eigenvalue weighted by Gasteiger charge is 2.35. The zero-order chi connectivity index (χ0) is 35.6. The molecule has 6 rings (SSSR count). The molecule has 1 saturated heterocycles. The summed E-state index contributed by atoms with van der Waals surface area (Å²) < 4.78 is 48.9. The summed E-state index contributed by atoms with van der Waals surface area (Å²) >= 11 is 0. The van der Waals surface area contributed by atoms with Crippen molar-refractivity contribution in [1.29, 1.82) is 0 Å². The standard InChI is InChI=1S/C35H32F3N7O5/c1-43-28-9-10-45(34(48)49)32(47)26(28)18-29(43)31-23(19-40-33(39)42-31)6-5-21-3-2-4-22(15-21)16-30(46)41-25-8-7-24(27(17-25)35(36,37)38)20-44-11-13-50-14-12-44/h2-4,7-8,15,17-19H,9-14,16,20H2,1H3,(H,41,46)(H,48,49)(H2,39,40,42). The molecule has 258 valence electrons. The zero-order valence-corrected chi connectivity index (χ0v) is 26.9. The van der Waals surface area contributed by atoms with Gasteiger partial charge in [0.1, 0.15) is 5.69 Å². The molecule has 0 radical (unpaired) electrons. The van der Waals surface area contributed by atoms with E-state index in [1.807, 2.05) is 4.90 Å². The van der Waals surface area contributed by atoms with Gasteiger partial charge in [0, 0.05) is 62.8 Å². The summed E-state index contributed by atoms with van der Waals surface area (Å²) in [7, 11) is 1.74. The average Bonchev–Trinajstić information content (AvgIpc) is 3.41. The third-order valence-electron chi connectivity index (χ3n) is 8.52. The number of alkyl halides is 3. The first-order valence-corrected chi connectivity index (χ1v) is 15.6. The number of carbonyl (C=O) groups excluding carboxylic acids is 2. The number of nitrogens with one attached hydrogen (secondary N) is 1. The molecular formula is C35H32F3N7O5. The van der Waals surface area contributed by atoms with Crippen molar-refractivity contribution in [3.8, 4) is 23.2 Å². The van der Waals surface area contributed by atoms with E-state index in [0.29, 0.717) is 66.5 Å². The van der Waals surface area contributed by atoms with Gasteiger partial charge in [-0.3, -0.25) is 14.5 Å². The average molecular weight is 688 g/mol. The van der Waals surface area contributed by atoms with Crippen LogP contribution >= 0.6 is 0 Å². The smallest absolute Gasteiger partial charge is 0.416 e. The lowest BCUT2D eigenvalue weighted by Gasteiger charge is -2.27. The number of carbonyl (C=O) groups is 3. The number of hydrogen-bond acceptors (Lipinski definition) is 8. The number of hydrogen-bond donors (Lipinski definition) is 3. The molecule has 2 aromatic heterocycles. The third-order valence-corrected chi connectivity index (χ3v) is 8.52. The Balaban J connectivity index is 1.19. The monoisotopic (exact) mass is 687 g/mol. The molecule has 4 aromatic rings. The number of imide groups is 1. The van der Waals surface area contributed by atoms with Crippen LogP contribution in [0.15, 0.2) is 54.7 Å². The predicted molar refractivity (Wildman–Crippen MR) is 176 cm³/mol. The predicted octanol–water partition coefficient (Wildman–Crippen LogP) is 4.17. The van der Waals surface area contributed by atoms with Gasteiger partial charge in [-0.15, -0.1) is 0 Å². The summed E-state index contributed by atoms with van der Waals surface area (Å²) in [6.45, 7) is 2.17. The third kappa shape index (κ3) is 7.46. The molecule has 2 aromatic carbocycles. The van der Waals surface area contributed by atoms with Crippen LogP contribution in [0.1, 0.15) is 43.9 Å². The van der Waals surface area contributed by atoms with Crippen molar-refractivity contribution in [2.45, 2.75) is 25.6 Å². The highest BCUT2D eigenvalue weighted by Crippen LogP contribution is 2.35. The second-order valence-electron chi connectivity index (χ2n) is 11.9. The Morgan fingerprint density at radius 3 is 2.60 bits per heavy atom. The van der Waals surface area contributed by atoms with Crippen molar-refractivity contribution in [1.82, 2.24) is 24.3 Å². The van der Waals surface area contributed by atoms with Gasteiger partial charge in [-0.2, -0.15) is 13.2 Å². The van der Waals surface area contributed by atoms with Gasteiger partial charge >= 0.3 is 12.3 Å². The van der Waals surface area contributed by atoms with E-state index in [9.17, 15) is 32.7 Å². The van der Waals surface area contributed by atoms with E-state index < -0.39 is 29.6 Å². The Kier molecular flexibility index (Phi) is 9.58. The first kappa shape index (κ1) is 34.2. The van der Waals surface area contributed by atoms with Gasteiger partial charge < -0.3 is 25.5 Å². The maximum Gasteiger partial charge on any atom is 0.416 e. The van der Waals surface area contributed by atoms with E-state index in [1.165, 1.54) is 18.3 Å². The van der Waals surface area contributed by atoms with Crippen LogP contribution in [0.4, 0.5) is 29.6 Å². The molecule has 0 bridgehead atoms. The Hall–Kier alpha value is -5.72. The van der Waals surface area contributed by atoms with Crippen LogP contribution in [0.3, 0.4) is 0 Å². The van der Waals surface area contributed by atoms with E-state index in [4.69, 9.17) is 10.5 Å². The van der Waals surface area contributed by atoms with Crippen LogP contribution in [0.5, 0.6) is 0 Å². The molecule has 0 aliphatic carbocycles. The summed E-state index contributed by atoms with van der Waals surface area (Å²) in [6, 6.07) is 12.2. The Morgan fingerprint density at radius 2 is 1.86 bits per heavy atom. The molecule has 3 amide bonds. The summed E-state index contributed by atoms with van der Waals surface area (Å²) in [6.07, 6.45) is -4.26. The van der Waals surface area contributed by atoms with Gasteiger partial charge in [0.2, 0.25) is 11.9 Å². The molecule has 4 heterocycles. The Morgan fingerprint density at radius 1 is 1.08 bits per heavy atom. The highest BCUT2D eigenvalue weighted by molar-refractivity contribution is 6.05. The molecule has 4 N–H and O–H groups in total. The van der Waals surface area contributed by atoms with Gasteiger partial charge in [0.25, 0.3) is 5.91 Å². The minimum Gasteiger partial charge on any atom is -0.465 e. The molecule has 1 fully saturated rings. The van der Waals surface area contributed by atoms with Crippen molar-refractivity contribution >= 4 is 29.5 Å². The van der Waals surface area contributed by atoms with Gasteiger partial charge in [-0.1, -0.05) is 30.0 Å². The van der Waals surface area contributed by atoms with E-state index >= 15 is 0 Å². The van der Waals surface area contributed by atoms with Crippen molar-refractivity contribution in [2.24, 2.45) is 7.05 Å². The second-order valence-corrected chi connectivity index (χ2v) is 11.9. The van der Waals surface area contributed by atoms with Crippen molar-refractivity contribution in [2.75, 3.05) is 43.9 Å². The molecule has 50 heavy (non-hydrogen) atoms. The maximum absolute atomic E-state index is 14.0. The number of anilines is 2. The Bertz CT molecular complexity index is 2040. The SMILES string of the molecule is Cn1c(-c2nc(N)ncc2C#Cc2cccc(CC(=O)Nc3ccc(CN4CCOCC4)c(C(F)(F)F)c3)c2)cc2c1CCN(C(=O)O)C2=O. The van der Waals surface area contributed by atoms with Crippen LogP contribution < -0.4 is 11.1 Å². The largest absolute Gasteiger partial charge is 0.465 e. The quantitative estimate of drug-likeness (QED) is 0.253. The lowest BCUT2D eigenvalue weighted by molar-refractivity contribution is -0.138. The summed E-state index contributed by atoms with van der Waals surface area (Å²) in [5, 5.41) is 12.0. The minimum atomic E-state index is -4.59. The Labute approximate surface area is 284 Å². The number of ether oxygens (including phenoxy) is 1. The van der Waals surface area contributed by atoms with Crippen molar-refractivity contribution in [3.05, 3.63) is 93.8 Å². The molecule has 0 spiro atoms. The number of fused-ring (bicyclic) bond motifs is 1. The second kappa shape index (κ2) is 14.0. The maximum atomic E-state index is 14.0. The number of carboxylic acid groups (broad SMARTS) is 1. The zero-order valence-electron chi connectivity index (χ0n) is 26.9. The number of morpholine rings is 1. The number of rotatable bonds is 6. The number of benzene rings is 2. The van der Waals surface area contributed by atoms with Crippen LogP contribution in [0, 0.1) is 11.8 Å². The van der Waals surface area contributed by atoms with E-state index in [0.717, 1.165) is 11.0 Å². The molecular weight excluding hydrogens is 655 g/mol. The van der Waals surface area contributed by atoms with Crippen LogP contribution in [-0.2, 0) is 42.1 Å². The van der Waals surface area contributed by atoms with Crippen LogP contribution in [0.25, 0.3) is 11.4 Å². The lowest BCUT2D eigenvalue weighted by Crippen LogP contribution is -2.41. The summed E-state index contributed by atoms with van der Waals surface area (Å²) in [5.74, 6) is 4.91. The molecule has 15 heteroatoms. The van der Waals surface area contributed by atoms with Gasteiger partial charge in [-0.25, -0.2) is 19.7 Å². The summed E-state index contributed by atoms with van der Waals surface area (Å²) in [5.41, 5.74) is 8.54. The molecule has 2 aliphatic rings. The van der Waals surface area contributed by atoms with E-state index in [2.05, 4.69) is 27.1 Å². The van der Waals surface area contributed by atoms with Crippen LogP contribution in [-0.4, -0.2) is 80.2 Å². The van der Waals surface area contributed by atoms with Crippen molar-refractivity contribution < 1.29 is 37.4 Å². The topological polar surface area (TPSA) is 156 Å². The number of nitrogens with zero attached hydrogens (tertiary/aromatic N) is 5. The van der Waals surface area contributed by atoms with E-state index in [-0.39, 0.29) is 42.3 Å². The lowest BCUT2D eigenvalue weighted by atomic mass is 10.0.